The van der Waals surface area contributed by atoms with Gasteiger partial charge in [-0.15, -0.1) is 0 Å². The average molecular weight is 624 g/mol. The molecule has 1 aliphatic heterocycles. The lowest BCUT2D eigenvalue weighted by Gasteiger charge is -2.34. The third kappa shape index (κ3) is 3.93. The van der Waals surface area contributed by atoms with Crippen LogP contribution in [0, 0.1) is 13.8 Å². The van der Waals surface area contributed by atoms with Crippen LogP contribution in [0.15, 0.2) is 50.2 Å². The topological polar surface area (TPSA) is 83.8 Å². The molecular weight excluding hydrogens is 596 g/mol. The van der Waals surface area contributed by atoms with E-state index in [0.29, 0.717) is 54.3 Å². The van der Waals surface area contributed by atoms with Gasteiger partial charge < -0.3 is 10.2 Å². The zero-order valence-corrected chi connectivity index (χ0v) is 24.2. The molecule has 1 aliphatic rings. The number of benzene rings is 3. The first-order valence-corrected chi connectivity index (χ1v) is 14.5. The van der Waals surface area contributed by atoms with Crippen molar-refractivity contribution in [3.63, 3.8) is 0 Å². The van der Waals surface area contributed by atoms with Crippen molar-refractivity contribution in [3.8, 4) is 11.5 Å². The molecule has 186 valence electrons. The van der Waals surface area contributed by atoms with Crippen molar-refractivity contribution in [3.05, 3.63) is 84.3 Å². The molecule has 2 N–H and O–H groups in total. The first-order chi connectivity index (χ1) is 16.4. The number of aryl methyl sites for hydroxylation is 1. The average Bonchev–Trinajstić information content (AvgIpc) is 3.05. The molecular formula is C27H28Br2O5S. The van der Waals surface area contributed by atoms with E-state index in [9.17, 15) is 18.6 Å². The molecule has 5 nitrogen and oxygen atoms in total. The first kappa shape index (κ1) is 26.2. The Morgan fingerprint density at radius 1 is 0.943 bits per heavy atom. The molecule has 0 radical (unpaired) electrons. The molecule has 0 aliphatic carbocycles. The minimum absolute atomic E-state index is 0.0285. The largest absolute Gasteiger partial charge is 0.506 e. The number of halogens is 2. The van der Waals surface area contributed by atoms with Gasteiger partial charge in [0.15, 0.2) is 5.60 Å². The Balaban J connectivity index is 2.25. The Morgan fingerprint density at radius 3 is 2.11 bits per heavy atom. The highest BCUT2D eigenvalue weighted by Crippen LogP contribution is 2.55. The molecule has 0 saturated carbocycles. The number of phenolic OH excluding ortho intramolecular Hbond substituents is 2. The highest BCUT2D eigenvalue weighted by molar-refractivity contribution is 9.11. The van der Waals surface area contributed by atoms with E-state index in [2.05, 4.69) is 31.9 Å². The predicted molar refractivity (Wildman–Crippen MR) is 144 cm³/mol. The highest BCUT2D eigenvalue weighted by atomic mass is 79.9. The van der Waals surface area contributed by atoms with Crippen LogP contribution < -0.4 is 0 Å². The van der Waals surface area contributed by atoms with Crippen LogP contribution in [-0.2, 0) is 26.3 Å². The van der Waals surface area contributed by atoms with E-state index in [-0.39, 0.29) is 22.3 Å². The third-order valence-electron chi connectivity index (χ3n) is 6.75. The molecule has 0 saturated heterocycles. The molecule has 1 atom stereocenters. The van der Waals surface area contributed by atoms with Crippen LogP contribution in [0.3, 0.4) is 0 Å². The summed E-state index contributed by atoms with van der Waals surface area (Å²) in [5, 5.41) is 21.7. The maximum absolute atomic E-state index is 13.4. The minimum atomic E-state index is -4.10. The summed E-state index contributed by atoms with van der Waals surface area (Å²) in [7, 11) is -4.10. The lowest BCUT2D eigenvalue weighted by Crippen LogP contribution is -2.32. The highest BCUT2D eigenvalue weighted by Gasteiger charge is 2.53. The van der Waals surface area contributed by atoms with Gasteiger partial charge in [0.2, 0.25) is 0 Å². The van der Waals surface area contributed by atoms with Gasteiger partial charge >= 0.3 is 0 Å². The zero-order valence-electron chi connectivity index (χ0n) is 20.2. The summed E-state index contributed by atoms with van der Waals surface area (Å²) in [4.78, 5) is 0.107. The molecule has 3 aromatic rings. The lowest BCUT2D eigenvalue weighted by molar-refractivity contribution is 0.178. The number of hydrogen-bond donors (Lipinski definition) is 2. The molecule has 1 heterocycles. The van der Waals surface area contributed by atoms with E-state index in [4.69, 9.17) is 4.18 Å². The van der Waals surface area contributed by atoms with Gasteiger partial charge in [-0.2, -0.15) is 8.42 Å². The lowest BCUT2D eigenvalue weighted by atomic mass is 9.75. The maximum Gasteiger partial charge on any atom is 0.298 e. The summed E-state index contributed by atoms with van der Waals surface area (Å²) >= 11 is 7.08. The molecule has 8 heteroatoms. The molecule has 0 bridgehead atoms. The third-order valence-corrected chi connectivity index (χ3v) is 10.1. The van der Waals surface area contributed by atoms with Crippen molar-refractivity contribution in [2.45, 2.75) is 63.9 Å². The van der Waals surface area contributed by atoms with Gasteiger partial charge in [-0.05, 0) is 110 Å². The fraction of sp³-hybridized carbons (Fsp3) is 0.333. The monoisotopic (exact) mass is 622 g/mol. The van der Waals surface area contributed by atoms with Crippen molar-refractivity contribution in [2.24, 2.45) is 0 Å². The molecule has 35 heavy (non-hydrogen) atoms. The summed E-state index contributed by atoms with van der Waals surface area (Å²) in [5.41, 5.74) is 2.93. The van der Waals surface area contributed by atoms with Crippen LogP contribution in [-0.4, -0.2) is 18.6 Å². The Kier molecular flexibility index (Phi) is 6.90. The standard InChI is InChI=1S/C27H28Br2O5S/c1-6-9-17-12-20(15(4)23(28)25(17)30)27(19-10-7-8-11-22(19)35(32,33)34-27)21-13-18(14(2)3)26(31)24(29)16(21)5/h7-8,10-14,30-31H,6,9H2,1-5H3. The number of rotatable bonds is 5. The Bertz CT molecular complexity index is 1450. The van der Waals surface area contributed by atoms with E-state index in [1.165, 1.54) is 0 Å². The van der Waals surface area contributed by atoms with Crippen molar-refractivity contribution in [1.29, 1.82) is 0 Å². The number of fused-ring (bicyclic) bond motifs is 1. The normalized spacial score (nSPS) is 18.7. The van der Waals surface area contributed by atoms with Crippen molar-refractivity contribution < 1.29 is 22.8 Å². The number of phenols is 2. The molecule has 0 fully saturated rings. The minimum Gasteiger partial charge on any atom is -0.506 e. The van der Waals surface area contributed by atoms with Crippen LogP contribution in [0.4, 0.5) is 0 Å². The summed E-state index contributed by atoms with van der Waals surface area (Å²) in [5.74, 6) is 0.240. The van der Waals surface area contributed by atoms with Crippen molar-refractivity contribution in [2.75, 3.05) is 0 Å². The van der Waals surface area contributed by atoms with E-state index < -0.39 is 15.7 Å². The predicted octanol–water partition coefficient (Wildman–Crippen LogP) is 7.33. The van der Waals surface area contributed by atoms with E-state index in [0.717, 1.165) is 6.42 Å². The van der Waals surface area contributed by atoms with Crippen LogP contribution in [0.1, 0.15) is 72.1 Å². The second-order valence-electron chi connectivity index (χ2n) is 9.29. The second kappa shape index (κ2) is 9.21. The molecule has 0 spiro atoms. The first-order valence-electron chi connectivity index (χ1n) is 11.5. The van der Waals surface area contributed by atoms with Crippen LogP contribution in [0.5, 0.6) is 11.5 Å². The fourth-order valence-electron chi connectivity index (χ4n) is 4.93. The van der Waals surface area contributed by atoms with Gasteiger partial charge in [0, 0.05) is 5.56 Å². The van der Waals surface area contributed by atoms with E-state index in [1.54, 1.807) is 24.3 Å². The van der Waals surface area contributed by atoms with Gasteiger partial charge in [-0.25, -0.2) is 4.18 Å². The van der Waals surface area contributed by atoms with Crippen molar-refractivity contribution >= 4 is 42.0 Å². The number of hydrogen-bond acceptors (Lipinski definition) is 5. The smallest absolute Gasteiger partial charge is 0.298 e. The summed E-state index contributed by atoms with van der Waals surface area (Å²) in [6.07, 6.45) is 1.41. The maximum atomic E-state index is 13.4. The number of aromatic hydroxyl groups is 2. The van der Waals surface area contributed by atoms with Gasteiger partial charge in [-0.3, -0.25) is 0 Å². The summed E-state index contributed by atoms with van der Waals surface area (Å²) in [6, 6.07) is 10.5. The van der Waals surface area contributed by atoms with E-state index >= 15 is 0 Å². The fourth-order valence-corrected chi connectivity index (χ4v) is 7.25. The SMILES string of the molecule is CCCc1cc(C2(c3cc(C(C)C)c(O)c(Br)c3C)OS(=O)(=O)c3ccccc32)c(C)c(Br)c1O. The van der Waals surface area contributed by atoms with Crippen LogP contribution in [0.2, 0.25) is 0 Å². The van der Waals surface area contributed by atoms with Gasteiger partial charge in [0.1, 0.15) is 16.4 Å². The van der Waals surface area contributed by atoms with Gasteiger partial charge in [0.25, 0.3) is 10.1 Å². The Hall–Kier alpha value is -1.87. The van der Waals surface area contributed by atoms with Crippen molar-refractivity contribution in [1.82, 2.24) is 0 Å². The Morgan fingerprint density at radius 2 is 1.51 bits per heavy atom. The second-order valence-corrected chi connectivity index (χ2v) is 12.4. The molecule has 3 aromatic carbocycles. The van der Waals surface area contributed by atoms with Gasteiger partial charge in [-0.1, -0.05) is 45.4 Å². The summed E-state index contributed by atoms with van der Waals surface area (Å²) in [6.45, 7) is 9.62. The molecule has 0 aromatic heterocycles. The molecule has 1 unspecified atom stereocenters. The van der Waals surface area contributed by atoms with Crippen LogP contribution in [0.25, 0.3) is 0 Å². The molecule has 0 amide bonds. The summed E-state index contributed by atoms with van der Waals surface area (Å²) < 4.78 is 34.0. The van der Waals surface area contributed by atoms with Crippen LogP contribution >= 0.6 is 31.9 Å². The zero-order chi connectivity index (χ0) is 25.9. The quantitative estimate of drug-likeness (QED) is 0.291. The van der Waals surface area contributed by atoms with E-state index in [1.807, 2.05) is 46.8 Å². The van der Waals surface area contributed by atoms with Gasteiger partial charge in [0.05, 0.1) is 8.95 Å². The molecule has 4 rings (SSSR count). The Labute approximate surface area is 223 Å².